The maximum absolute atomic E-state index is 5.44. The van der Waals surface area contributed by atoms with Gasteiger partial charge in [0.25, 0.3) is 0 Å². The third-order valence-electron chi connectivity index (χ3n) is 9.98. The molecule has 0 fully saturated rings. The van der Waals surface area contributed by atoms with Gasteiger partial charge in [0.15, 0.2) is 0 Å². The van der Waals surface area contributed by atoms with E-state index in [0.29, 0.717) is 0 Å². The summed E-state index contributed by atoms with van der Waals surface area (Å²) in [6.45, 7) is 13.3. The summed E-state index contributed by atoms with van der Waals surface area (Å²) in [6, 6.07) is 70.0. The Morgan fingerprint density at radius 2 is 0.698 bits per heavy atom. The Labute approximate surface area is 386 Å². The molecule has 0 aromatic heterocycles. The molecule has 308 valence electrons. The summed E-state index contributed by atoms with van der Waals surface area (Å²) in [6.07, 6.45) is 10.6. The van der Waals surface area contributed by atoms with Gasteiger partial charge in [0.05, 0.1) is 0 Å². The first-order valence-electron chi connectivity index (χ1n) is 21.2. The molecular formula is C60H53BrSi2. The van der Waals surface area contributed by atoms with Gasteiger partial charge in [-0.3, -0.25) is 0 Å². The summed E-state index contributed by atoms with van der Waals surface area (Å²) < 4.78 is 1.11. The van der Waals surface area contributed by atoms with Crippen LogP contribution in [-0.2, 0) is 0 Å². The predicted octanol–water partition coefficient (Wildman–Crippen LogP) is 17.0. The highest BCUT2D eigenvalue weighted by Gasteiger charge is 2.08. The lowest BCUT2D eigenvalue weighted by atomic mass is 10.00. The van der Waals surface area contributed by atoms with Gasteiger partial charge in [-0.1, -0.05) is 213 Å². The van der Waals surface area contributed by atoms with Crippen LogP contribution in [0.1, 0.15) is 11.1 Å². The molecule has 0 radical (unpaired) electrons. The van der Waals surface area contributed by atoms with Gasteiger partial charge in [0.2, 0.25) is 0 Å². The van der Waals surface area contributed by atoms with Crippen molar-refractivity contribution in [2.45, 2.75) is 39.3 Å². The van der Waals surface area contributed by atoms with Crippen LogP contribution in [0.4, 0.5) is 0 Å². The molecule has 0 aliphatic heterocycles. The monoisotopic (exact) mass is 908 g/mol. The Hall–Kier alpha value is -6.65. The predicted molar refractivity (Wildman–Crippen MR) is 286 cm³/mol. The van der Waals surface area contributed by atoms with Crippen molar-refractivity contribution < 1.29 is 0 Å². The molecule has 0 amide bonds. The first-order valence-corrected chi connectivity index (χ1v) is 29.0. The van der Waals surface area contributed by atoms with Crippen molar-refractivity contribution in [2.75, 3.05) is 0 Å². The molecule has 9 aromatic rings. The third kappa shape index (κ3) is 13.9. The average Bonchev–Trinajstić information content (AvgIpc) is 3.30. The number of fused-ring (bicyclic) bond motifs is 3. The van der Waals surface area contributed by atoms with Gasteiger partial charge in [-0.05, 0) is 120 Å². The van der Waals surface area contributed by atoms with E-state index in [9.17, 15) is 0 Å². The molecule has 0 unspecified atom stereocenters. The fourth-order valence-corrected chi connectivity index (χ4v) is 7.52. The van der Waals surface area contributed by atoms with Crippen molar-refractivity contribution in [3.8, 4) is 69.2 Å². The number of hydrogen-bond acceptors (Lipinski definition) is 0. The molecule has 0 aliphatic carbocycles. The van der Waals surface area contributed by atoms with Crippen LogP contribution in [0.2, 0.25) is 39.3 Å². The Morgan fingerprint density at radius 1 is 0.349 bits per heavy atom. The van der Waals surface area contributed by atoms with Gasteiger partial charge in [-0.2, -0.15) is 0 Å². The van der Waals surface area contributed by atoms with Crippen LogP contribution in [0.25, 0.3) is 65.7 Å². The Kier molecular flexibility index (Phi) is 15.6. The molecule has 0 N–H and O–H groups in total. The number of terminal acetylenes is 2. The highest BCUT2D eigenvalue weighted by molar-refractivity contribution is 9.10. The third-order valence-corrected chi connectivity index (χ3v) is 12.2. The molecule has 0 saturated carbocycles. The van der Waals surface area contributed by atoms with Gasteiger partial charge in [-0.15, -0.1) is 23.9 Å². The highest BCUT2D eigenvalue weighted by Crippen LogP contribution is 2.28. The zero-order chi connectivity index (χ0) is 44.8. The van der Waals surface area contributed by atoms with E-state index < -0.39 is 16.1 Å². The molecule has 63 heavy (non-hydrogen) atoms. The molecule has 3 heteroatoms. The second-order valence-corrected chi connectivity index (χ2v) is 27.9. The molecule has 9 rings (SSSR count). The lowest BCUT2D eigenvalue weighted by Crippen LogP contribution is -2.16. The maximum atomic E-state index is 5.44. The van der Waals surface area contributed by atoms with Gasteiger partial charge in [-0.25, -0.2) is 0 Å². The summed E-state index contributed by atoms with van der Waals surface area (Å²) in [5, 5.41) is 7.63. The number of benzene rings is 9. The fraction of sp³-hybridized carbons (Fsp3) is 0.100. The van der Waals surface area contributed by atoms with Crippen molar-refractivity contribution in [1.29, 1.82) is 0 Å². The van der Waals surface area contributed by atoms with Crippen molar-refractivity contribution in [3.05, 3.63) is 216 Å². The van der Waals surface area contributed by atoms with E-state index in [1.807, 2.05) is 24.3 Å². The lowest BCUT2D eigenvalue weighted by molar-refractivity contribution is 1.61. The van der Waals surface area contributed by atoms with Gasteiger partial charge < -0.3 is 0 Å². The van der Waals surface area contributed by atoms with Gasteiger partial charge in [0, 0.05) is 15.6 Å². The molecule has 0 saturated heterocycles. The Bertz CT molecular complexity index is 3140. The highest BCUT2D eigenvalue weighted by atomic mass is 79.9. The van der Waals surface area contributed by atoms with Gasteiger partial charge >= 0.3 is 0 Å². The summed E-state index contributed by atoms with van der Waals surface area (Å²) in [4.78, 5) is 0. The smallest absolute Gasteiger partial charge is 0.129 e. The molecule has 0 spiro atoms. The SMILES string of the molecule is Brc1cccc(-c2ccc3ccccc3c2)c1.C#C[Si](C)(C)C.C#Cc1cccc(-c2ccc3ccccc3c2)c1.C[Si](C)(C)C#Cc1cccc(-c2ccc3ccccc3c2)c1. The van der Waals surface area contributed by atoms with Crippen LogP contribution in [0.5, 0.6) is 0 Å². The van der Waals surface area contributed by atoms with E-state index in [0.717, 1.165) is 21.2 Å². The van der Waals surface area contributed by atoms with Crippen LogP contribution in [0.3, 0.4) is 0 Å². The lowest BCUT2D eigenvalue weighted by Gasteiger charge is -2.06. The van der Waals surface area contributed by atoms with E-state index in [2.05, 4.69) is 254 Å². The minimum atomic E-state index is -1.33. The number of hydrogen-bond donors (Lipinski definition) is 0. The summed E-state index contributed by atoms with van der Waals surface area (Å²) in [5.41, 5.74) is 15.5. The fourth-order valence-electron chi connectivity index (χ4n) is 6.60. The zero-order valence-electron chi connectivity index (χ0n) is 37.1. The number of halogens is 1. The van der Waals surface area contributed by atoms with Crippen molar-refractivity contribution >= 4 is 64.4 Å². The number of rotatable bonds is 3. The summed E-state index contributed by atoms with van der Waals surface area (Å²) in [7, 11) is -2.44. The molecule has 0 atom stereocenters. The van der Waals surface area contributed by atoms with E-state index in [4.69, 9.17) is 12.8 Å². The van der Waals surface area contributed by atoms with E-state index in [-0.39, 0.29) is 0 Å². The second kappa shape index (κ2) is 21.4. The van der Waals surface area contributed by atoms with Crippen molar-refractivity contribution in [2.24, 2.45) is 0 Å². The Morgan fingerprint density at radius 3 is 1.08 bits per heavy atom. The summed E-state index contributed by atoms with van der Waals surface area (Å²) in [5.74, 6) is 6.02. The molecule has 9 aromatic carbocycles. The molecule has 0 nitrogen and oxygen atoms in total. The topological polar surface area (TPSA) is 0 Å². The van der Waals surface area contributed by atoms with Crippen LogP contribution < -0.4 is 0 Å². The van der Waals surface area contributed by atoms with E-state index >= 15 is 0 Å². The van der Waals surface area contributed by atoms with E-state index in [1.54, 1.807) is 0 Å². The first kappa shape index (κ1) is 45.9. The molecule has 0 bridgehead atoms. The van der Waals surface area contributed by atoms with Crippen LogP contribution in [-0.4, -0.2) is 16.1 Å². The molecule has 0 aliphatic rings. The minimum absolute atomic E-state index is 0.917. The Balaban J connectivity index is 0.000000149. The zero-order valence-corrected chi connectivity index (χ0v) is 40.7. The van der Waals surface area contributed by atoms with Gasteiger partial charge in [0.1, 0.15) is 16.1 Å². The summed E-state index contributed by atoms with van der Waals surface area (Å²) >= 11 is 3.51. The second-order valence-electron chi connectivity index (χ2n) is 17.4. The average molecular weight is 910 g/mol. The van der Waals surface area contributed by atoms with Crippen LogP contribution >= 0.6 is 15.9 Å². The largest absolute Gasteiger partial charge is 0.135 e. The minimum Gasteiger partial charge on any atom is -0.135 e. The first-order chi connectivity index (χ1) is 30.3. The van der Waals surface area contributed by atoms with Crippen LogP contribution in [0, 0.1) is 35.8 Å². The normalized spacial score (nSPS) is 10.6. The standard InChI is InChI=1S/C21H20Si.C18H12.C16H11Br.C5H10Si/c1-22(2,3)14-13-17-7-6-10-19(15-17)21-12-11-18-8-4-5-9-20(18)16-21;1-2-14-6-5-9-16(12-14)18-11-10-15-7-3-4-8-17(15)13-18;17-16-7-3-6-14(11-16)15-9-8-12-4-1-2-5-13(12)10-15;1-5-6(2,3)4/h4-12,15-16H,1-3H3;1,3-13H;1-11H;1H,2-4H3. The van der Waals surface area contributed by atoms with Crippen molar-refractivity contribution in [3.63, 3.8) is 0 Å². The molecular weight excluding hydrogens is 857 g/mol. The van der Waals surface area contributed by atoms with Crippen LogP contribution in [0.15, 0.2) is 205 Å². The quantitative estimate of drug-likeness (QED) is 0.122. The van der Waals surface area contributed by atoms with Crippen molar-refractivity contribution in [1.82, 2.24) is 0 Å². The van der Waals surface area contributed by atoms with E-state index in [1.165, 1.54) is 60.1 Å². The maximum Gasteiger partial charge on any atom is 0.129 e. The molecule has 0 heterocycles.